The average Bonchev–Trinajstić information content (AvgIpc) is 3.72. The van der Waals surface area contributed by atoms with Crippen molar-refractivity contribution >= 4 is 44.1 Å². The van der Waals surface area contributed by atoms with E-state index in [9.17, 15) is 0 Å². The number of anilines is 2. The fourth-order valence-corrected chi connectivity index (χ4v) is 10.3. The van der Waals surface area contributed by atoms with Crippen LogP contribution >= 0.6 is 0 Å². The summed E-state index contributed by atoms with van der Waals surface area (Å²) in [5.74, 6) is 0.579. The Balaban J connectivity index is 1.11. The van der Waals surface area contributed by atoms with Crippen LogP contribution in [0.4, 0.5) is 11.4 Å². The lowest BCUT2D eigenvalue weighted by molar-refractivity contribution is 0.445. The summed E-state index contributed by atoms with van der Waals surface area (Å²) in [5, 5.41) is 5.04. The summed E-state index contributed by atoms with van der Waals surface area (Å²) in [6.45, 7) is 2.35. The predicted molar refractivity (Wildman–Crippen MR) is 258 cm³/mol. The molecular formula is C59H49NO. The van der Waals surface area contributed by atoms with Gasteiger partial charge >= 0.3 is 0 Å². The van der Waals surface area contributed by atoms with Crippen molar-refractivity contribution in [3.8, 4) is 33.4 Å². The van der Waals surface area contributed by atoms with Crippen LogP contribution in [0, 0.1) is 0 Å². The molecule has 0 saturated heterocycles. The normalized spacial score (nSPS) is 16.9. The van der Waals surface area contributed by atoms with Gasteiger partial charge in [0, 0.05) is 38.6 Å². The number of allylic oxidation sites excluding steroid dienone is 3. The monoisotopic (exact) mass is 787 g/mol. The highest BCUT2D eigenvalue weighted by atomic mass is 16.3. The number of nitrogens with zero attached hydrogens (tertiary/aromatic N) is 1. The largest absolute Gasteiger partial charge is 0.456 e. The van der Waals surface area contributed by atoms with E-state index in [0.29, 0.717) is 5.92 Å². The van der Waals surface area contributed by atoms with Crippen molar-refractivity contribution in [3.63, 3.8) is 0 Å². The third-order valence-electron chi connectivity index (χ3n) is 13.5. The number of hydrogen-bond donors (Lipinski definition) is 0. The molecule has 0 N–H and O–H groups in total. The van der Waals surface area contributed by atoms with Crippen LogP contribution in [0.3, 0.4) is 0 Å². The van der Waals surface area contributed by atoms with Gasteiger partial charge < -0.3 is 9.32 Å². The standard InChI is InChI=1S/C59H49NO/c1-59(53-31-17-30-51-49-27-12-14-33-56(49)61-58(51)53)38-36-46(37-39-59)60(55-35-34-45(41-18-5-2-6-19-41)40-52(55)43-22-9-4-10-23-43)54-32-13-11-26-48(54)50-29-16-25-44-24-15-28-47(57(44)50)42-20-7-3-8-21-42/h2,4-6,9-19,22-38,40,42H,3,7-8,20-21,39H2,1H3. The number of benzene rings is 8. The molecule has 296 valence electrons. The summed E-state index contributed by atoms with van der Waals surface area (Å²) in [6.07, 6.45) is 14.5. The van der Waals surface area contributed by atoms with Gasteiger partial charge in [0.2, 0.25) is 0 Å². The van der Waals surface area contributed by atoms with Gasteiger partial charge in [0.1, 0.15) is 11.2 Å². The first-order chi connectivity index (χ1) is 30.1. The molecule has 2 nitrogen and oxygen atoms in total. The molecule has 9 aromatic rings. The third-order valence-corrected chi connectivity index (χ3v) is 13.5. The number of rotatable bonds is 8. The van der Waals surface area contributed by atoms with E-state index in [2.05, 4.69) is 212 Å². The number of furan rings is 1. The molecule has 2 aliphatic carbocycles. The zero-order valence-electron chi connectivity index (χ0n) is 34.7. The lowest BCUT2D eigenvalue weighted by Gasteiger charge is -2.35. The van der Waals surface area contributed by atoms with E-state index < -0.39 is 0 Å². The Morgan fingerprint density at radius 1 is 0.541 bits per heavy atom. The van der Waals surface area contributed by atoms with Crippen molar-refractivity contribution in [1.29, 1.82) is 0 Å². The highest BCUT2D eigenvalue weighted by Gasteiger charge is 2.32. The molecule has 2 heteroatoms. The quantitative estimate of drug-likeness (QED) is 0.152. The molecule has 1 heterocycles. The Kier molecular flexibility index (Phi) is 9.50. The van der Waals surface area contributed by atoms with Gasteiger partial charge in [0.05, 0.1) is 11.4 Å². The smallest absolute Gasteiger partial charge is 0.139 e. The van der Waals surface area contributed by atoms with Gasteiger partial charge in [-0.15, -0.1) is 0 Å². The van der Waals surface area contributed by atoms with Gasteiger partial charge in [0.25, 0.3) is 0 Å². The van der Waals surface area contributed by atoms with Crippen molar-refractivity contribution in [2.75, 3.05) is 4.90 Å². The minimum atomic E-state index is -0.272. The molecule has 11 rings (SSSR count). The maximum atomic E-state index is 6.62. The van der Waals surface area contributed by atoms with Gasteiger partial charge in [-0.3, -0.25) is 0 Å². The molecule has 0 bridgehead atoms. The third kappa shape index (κ3) is 6.68. The van der Waals surface area contributed by atoms with E-state index in [1.54, 1.807) is 0 Å². The Hall–Kier alpha value is -6.90. The molecule has 1 atom stereocenters. The van der Waals surface area contributed by atoms with Crippen LogP contribution in [0.5, 0.6) is 0 Å². The summed E-state index contributed by atoms with van der Waals surface area (Å²) in [4.78, 5) is 2.53. The second kappa shape index (κ2) is 15.6. The van der Waals surface area contributed by atoms with Crippen LogP contribution in [-0.2, 0) is 5.41 Å². The lowest BCUT2D eigenvalue weighted by Crippen LogP contribution is -2.25. The molecule has 1 aromatic heterocycles. The Morgan fingerprint density at radius 2 is 1.21 bits per heavy atom. The van der Waals surface area contributed by atoms with E-state index in [-0.39, 0.29) is 5.41 Å². The zero-order valence-corrected chi connectivity index (χ0v) is 34.7. The van der Waals surface area contributed by atoms with E-state index in [1.165, 1.54) is 92.8 Å². The second-order valence-electron chi connectivity index (χ2n) is 17.3. The van der Waals surface area contributed by atoms with Crippen molar-refractivity contribution < 1.29 is 4.42 Å². The van der Waals surface area contributed by atoms with Crippen molar-refractivity contribution in [2.45, 2.75) is 56.8 Å². The summed E-state index contributed by atoms with van der Waals surface area (Å²) < 4.78 is 6.62. The maximum absolute atomic E-state index is 6.62. The minimum Gasteiger partial charge on any atom is -0.456 e. The van der Waals surface area contributed by atoms with Crippen molar-refractivity contribution in [2.24, 2.45) is 0 Å². The molecule has 2 aliphatic rings. The fourth-order valence-electron chi connectivity index (χ4n) is 10.3. The van der Waals surface area contributed by atoms with E-state index in [0.717, 1.165) is 40.0 Å². The Labute approximate surface area is 359 Å². The fraction of sp³-hybridized carbons (Fsp3) is 0.153. The number of fused-ring (bicyclic) bond motifs is 4. The second-order valence-corrected chi connectivity index (χ2v) is 17.3. The van der Waals surface area contributed by atoms with Gasteiger partial charge in [-0.2, -0.15) is 0 Å². The van der Waals surface area contributed by atoms with Gasteiger partial charge in [0.15, 0.2) is 0 Å². The first kappa shape index (κ1) is 37.1. The molecule has 1 fully saturated rings. The Morgan fingerprint density at radius 3 is 2.02 bits per heavy atom. The molecular weight excluding hydrogens is 739 g/mol. The number of para-hydroxylation sites is 3. The van der Waals surface area contributed by atoms with Crippen LogP contribution in [-0.4, -0.2) is 0 Å². The average molecular weight is 788 g/mol. The number of hydrogen-bond acceptors (Lipinski definition) is 2. The van der Waals surface area contributed by atoms with Crippen molar-refractivity contribution in [3.05, 3.63) is 217 Å². The molecule has 61 heavy (non-hydrogen) atoms. The molecule has 0 radical (unpaired) electrons. The summed E-state index contributed by atoms with van der Waals surface area (Å²) >= 11 is 0. The summed E-state index contributed by atoms with van der Waals surface area (Å²) in [7, 11) is 0. The predicted octanol–water partition coefficient (Wildman–Crippen LogP) is 16.7. The van der Waals surface area contributed by atoms with Crippen LogP contribution in [0.2, 0.25) is 0 Å². The first-order valence-corrected chi connectivity index (χ1v) is 22.1. The molecule has 0 aliphatic heterocycles. The zero-order chi connectivity index (χ0) is 40.8. The van der Waals surface area contributed by atoms with Crippen LogP contribution in [0.25, 0.3) is 66.1 Å². The molecule has 8 aromatic carbocycles. The van der Waals surface area contributed by atoms with Crippen LogP contribution in [0.15, 0.2) is 210 Å². The van der Waals surface area contributed by atoms with Gasteiger partial charge in [-0.05, 0) is 94.1 Å². The topological polar surface area (TPSA) is 16.4 Å². The SMILES string of the molecule is CC1(c2cccc3c2oc2ccccc23)C=CC(N(c2ccc(-c3ccccc3)cc2-c2ccccc2)c2ccccc2-c2cccc3cccc(C4CCCCC4)c23)=CC1. The first-order valence-electron chi connectivity index (χ1n) is 22.1. The highest BCUT2D eigenvalue weighted by molar-refractivity contribution is 6.06. The molecule has 0 spiro atoms. The minimum absolute atomic E-state index is 0.272. The van der Waals surface area contributed by atoms with Crippen LogP contribution in [0.1, 0.15) is 62.5 Å². The summed E-state index contributed by atoms with van der Waals surface area (Å²) in [6, 6.07) is 66.7. The lowest BCUT2D eigenvalue weighted by atomic mass is 9.76. The van der Waals surface area contributed by atoms with Gasteiger partial charge in [-0.25, -0.2) is 0 Å². The molecule has 1 saturated carbocycles. The van der Waals surface area contributed by atoms with Gasteiger partial charge in [-0.1, -0.05) is 196 Å². The maximum Gasteiger partial charge on any atom is 0.139 e. The van der Waals surface area contributed by atoms with Crippen molar-refractivity contribution in [1.82, 2.24) is 0 Å². The Bertz CT molecular complexity index is 3100. The molecule has 0 amide bonds. The molecule has 1 unspecified atom stereocenters. The highest BCUT2D eigenvalue weighted by Crippen LogP contribution is 2.49. The van der Waals surface area contributed by atoms with E-state index in [1.807, 2.05) is 0 Å². The van der Waals surface area contributed by atoms with Crippen LogP contribution < -0.4 is 4.90 Å². The van der Waals surface area contributed by atoms with E-state index in [4.69, 9.17) is 4.42 Å². The summed E-state index contributed by atoms with van der Waals surface area (Å²) in [5.41, 5.74) is 15.1. The van der Waals surface area contributed by atoms with E-state index >= 15 is 0 Å².